The van der Waals surface area contributed by atoms with Crippen molar-refractivity contribution in [1.29, 1.82) is 0 Å². The summed E-state index contributed by atoms with van der Waals surface area (Å²) in [4.78, 5) is 0. The Morgan fingerprint density at radius 1 is 0.667 bits per heavy atom. The molecule has 0 aliphatic carbocycles. The topological polar surface area (TPSA) is 0 Å². The Labute approximate surface area is 56.9 Å². The van der Waals surface area contributed by atoms with Crippen molar-refractivity contribution < 1.29 is 0 Å². The Morgan fingerprint density at radius 2 is 0.889 bits per heavy atom. The molecule has 0 aliphatic heterocycles. The third kappa shape index (κ3) is 1.43. The van der Waals surface area contributed by atoms with Crippen LogP contribution < -0.4 is 0 Å². The average Bonchev–Trinajstić information content (AvgIpc) is 1.95. The highest BCUT2D eigenvalue weighted by Crippen LogP contribution is 2.21. The zero-order valence-electron chi connectivity index (χ0n) is 5.64. The molecule has 0 atom stereocenters. The van der Waals surface area contributed by atoms with Crippen LogP contribution in [0.1, 0.15) is 0 Å². The van der Waals surface area contributed by atoms with Crippen LogP contribution in [0.15, 0.2) is 50.6 Å². The van der Waals surface area contributed by atoms with Gasteiger partial charge in [0.2, 0.25) is 0 Å². The lowest BCUT2D eigenvalue weighted by atomic mass is 9.89. The summed E-state index contributed by atoms with van der Waals surface area (Å²) < 4.78 is 0. The van der Waals surface area contributed by atoms with E-state index in [2.05, 4.69) is 26.3 Å². The molecular weight excluding hydrogens is 108 g/mol. The summed E-state index contributed by atoms with van der Waals surface area (Å²) in [5.41, 5.74) is -0.278. The number of rotatable bonds is 4. The van der Waals surface area contributed by atoms with Crippen LogP contribution in [-0.2, 0) is 0 Å². The van der Waals surface area contributed by atoms with Crippen molar-refractivity contribution in [2.24, 2.45) is 5.41 Å². The first kappa shape index (κ1) is 7.96. The summed E-state index contributed by atoms with van der Waals surface area (Å²) in [6, 6.07) is 0. The zero-order valence-corrected chi connectivity index (χ0v) is 5.64. The predicted molar refractivity (Wildman–Crippen MR) is 43.2 cm³/mol. The summed E-state index contributed by atoms with van der Waals surface area (Å²) in [7, 11) is 0. The highest BCUT2D eigenvalue weighted by molar-refractivity contribution is 5.24. The Balaban J connectivity index is 4.53. The van der Waals surface area contributed by atoms with Gasteiger partial charge in [-0.1, -0.05) is 24.3 Å². The zero-order chi connectivity index (χ0) is 7.33. The lowest BCUT2D eigenvalue weighted by Crippen LogP contribution is -2.04. The second-order valence-corrected chi connectivity index (χ2v) is 1.82. The molecule has 0 aromatic rings. The maximum atomic E-state index is 3.63. The minimum absolute atomic E-state index is 0.278. The molecule has 0 saturated carbocycles. The van der Waals surface area contributed by atoms with Gasteiger partial charge in [0.05, 0.1) is 0 Å². The highest BCUT2D eigenvalue weighted by Gasteiger charge is 2.10. The lowest BCUT2D eigenvalue weighted by molar-refractivity contribution is 0.832. The summed E-state index contributed by atoms with van der Waals surface area (Å²) >= 11 is 0. The normalized spacial score (nSPS) is 9.78. The van der Waals surface area contributed by atoms with Crippen LogP contribution in [0.4, 0.5) is 0 Å². The van der Waals surface area contributed by atoms with Gasteiger partial charge in [-0.2, -0.15) is 0 Å². The standard InChI is InChI=1S/C9H12/c1-5-9(6-2,7-3)8-4/h5-8H,1-4H2. The maximum absolute atomic E-state index is 3.63. The fourth-order valence-corrected chi connectivity index (χ4v) is 0.500. The van der Waals surface area contributed by atoms with Gasteiger partial charge in [-0.05, 0) is 0 Å². The minimum atomic E-state index is -0.278. The first-order valence-electron chi connectivity index (χ1n) is 2.79. The Morgan fingerprint density at radius 3 is 0.889 bits per heavy atom. The summed E-state index contributed by atoms with van der Waals surface area (Å²) in [5, 5.41) is 0. The van der Waals surface area contributed by atoms with Crippen molar-refractivity contribution in [1.82, 2.24) is 0 Å². The molecule has 0 aromatic heterocycles. The second kappa shape index (κ2) is 3.08. The van der Waals surface area contributed by atoms with E-state index in [1.54, 1.807) is 24.3 Å². The van der Waals surface area contributed by atoms with Crippen molar-refractivity contribution in [3.05, 3.63) is 50.6 Å². The van der Waals surface area contributed by atoms with E-state index < -0.39 is 0 Å². The van der Waals surface area contributed by atoms with Crippen LogP contribution in [0, 0.1) is 5.41 Å². The molecule has 0 amide bonds. The van der Waals surface area contributed by atoms with E-state index in [-0.39, 0.29) is 5.41 Å². The summed E-state index contributed by atoms with van der Waals surface area (Å²) in [5.74, 6) is 0. The maximum Gasteiger partial charge on any atom is 0.0413 e. The predicted octanol–water partition coefficient (Wildman–Crippen LogP) is 2.72. The third-order valence-electron chi connectivity index (χ3n) is 1.41. The van der Waals surface area contributed by atoms with Crippen LogP contribution in [0.3, 0.4) is 0 Å². The fourth-order valence-electron chi connectivity index (χ4n) is 0.500. The second-order valence-electron chi connectivity index (χ2n) is 1.82. The van der Waals surface area contributed by atoms with Crippen LogP contribution in [0.25, 0.3) is 0 Å². The number of hydrogen-bond acceptors (Lipinski definition) is 0. The van der Waals surface area contributed by atoms with Crippen LogP contribution >= 0.6 is 0 Å². The van der Waals surface area contributed by atoms with E-state index in [0.717, 1.165) is 0 Å². The Kier molecular flexibility index (Phi) is 2.72. The SMILES string of the molecule is C=CC(C=C)(C=C)C=C. The van der Waals surface area contributed by atoms with Crippen LogP contribution in [0.2, 0.25) is 0 Å². The molecule has 0 N–H and O–H groups in total. The van der Waals surface area contributed by atoms with Crippen molar-refractivity contribution in [3.63, 3.8) is 0 Å². The molecule has 0 fully saturated rings. The minimum Gasteiger partial charge on any atom is -0.102 e. The first-order chi connectivity index (χ1) is 4.24. The molecule has 0 aliphatic rings. The van der Waals surface area contributed by atoms with Gasteiger partial charge in [0.15, 0.2) is 0 Å². The van der Waals surface area contributed by atoms with E-state index in [9.17, 15) is 0 Å². The molecular formula is C9H12. The van der Waals surface area contributed by atoms with Crippen LogP contribution in [0.5, 0.6) is 0 Å². The molecule has 0 rings (SSSR count). The summed E-state index contributed by atoms with van der Waals surface area (Å²) in [6.07, 6.45) is 7.00. The molecule has 0 heterocycles. The number of allylic oxidation sites excluding steroid dienone is 4. The van der Waals surface area contributed by atoms with Crippen molar-refractivity contribution in [2.45, 2.75) is 0 Å². The molecule has 0 radical (unpaired) electrons. The van der Waals surface area contributed by atoms with Gasteiger partial charge in [-0.3, -0.25) is 0 Å². The summed E-state index contributed by atoms with van der Waals surface area (Å²) in [6.45, 7) is 14.5. The molecule has 0 heteroatoms. The smallest absolute Gasteiger partial charge is 0.0413 e. The average molecular weight is 120 g/mol. The van der Waals surface area contributed by atoms with E-state index in [1.165, 1.54) is 0 Å². The molecule has 48 valence electrons. The molecule has 0 aromatic carbocycles. The van der Waals surface area contributed by atoms with Crippen molar-refractivity contribution in [3.8, 4) is 0 Å². The lowest BCUT2D eigenvalue weighted by Gasteiger charge is -2.15. The van der Waals surface area contributed by atoms with Gasteiger partial charge in [-0.25, -0.2) is 0 Å². The van der Waals surface area contributed by atoms with E-state index in [1.807, 2.05) is 0 Å². The van der Waals surface area contributed by atoms with E-state index >= 15 is 0 Å². The van der Waals surface area contributed by atoms with Gasteiger partial charge < -0.3 is 0 Å². The van der Waals surface area contributed by atoms with Gasteiger partial charge >= 0.3 is 0 Å². The van der Waals surface area contributed by atoms with E-state index in [4.69, 9.17) is 0 Å². The first-order valence-corrected chi connectivity index (χ1v) is 2.79. The number of hydrogen-bond donors (Lipinski definition) is 0. The van der Waals surface area contributed by atoms with Gasteiger partial charge in [0.1, 0.15) is 0 Å². The highest BCUT2D eigenvalue weighted by atomic mass is 14.1. The largest absolute Gasteiger partial charge is 0.102 e. The van der Waals surface area contributed by atoms with Gasteiger partial charge in [0.25, 0.3) is 0 Å². The van der Waals surface area contributed by atoms with Crippen LogP contribution in [-0.4, -0.2) is 0 Å². The van der Waals surface area contributed by atoms with Crippen molar-refractivity contribution >= 4 is 0 Å². The fraction of sp³-hybridized carbons (Fsp3) is 0.111. The molecule has 0 unspecified atom stereocenters. The van der Waals surface area contributed by atoms with Gasteiger partial charge in [-0.15, -0.1) is 26.3 Å². The Hall–Kier alpha value is -1.04. The van der Waals surface area contributed by atoms with Gasteiger partial charge in [0, 0.05) is 5.41 Å². The Bertz CT molecular complexity index is 103. The van der Waals surface area contributed by atoms with Crippen molar-refractivity contribution in [2.75, 3.05) is 0 Å². The monoisotopic (exact) mass is 120 g/mol. The molecule has 0 bridgehead atoms. The molecule has 0 nitrogen and oxygen atoms in total. The molecule has 0 saturated heterocycles. The quantitative estimate of drug-likeness (QED) is 0.500. The van der Waals surface area contributed by atoms with E-state index in [0.29, 0.717) is 0 Å². The third-order valence-corrected chi connectivity index (χ3v) is 1.41. The molecule has 0 spiro atoms. The molecule has 9 heavy (non-hydrogen) atoms.